The normalized spacial score (nSPS) is 21.1. The first-order valence-electron chi connectivity index (χ1n) is 7.52. The van der Waals surface area contributed by atoms with Crippen molar-refractivity contribution in [2.45, 2.75) is 17.5 Å². The third-order valence-electron chi connectivity index (χ3n) is 3.61. The van der Waals surface area contributed by atoms with Crippen molar-refractivity contribution in [1.82, 2.24) is 15.1 Å². The summed E-state index contributed by atoms with van der Waals surface area (Å²) in [6.07, 6.45) is 0. The topological polar surface area (TPSA) is 52.7 Å². The number of thioether (sulfide) groups is 1. The van der Waals surface area contributed by atoms with Crippen LogP contribution in [0.3, 0.4) is 0 Å². The number of amides is 2. The van der Waals surface area contributed by atoms with E-state index in [-0.39, 0.29) is 29.4 Å². The van der Waals surface area contributed by atoms with Gasteiger partial charge in [-0.3, -0.25) is 9.59 Å². The predicted molar refractivity (Wildman–Crippen MR) is 89.5 cm³/mol. The molecular weight excluding hydrogens is 317 g/mol. The maximum atomic E-state index is 14.0. The smallest absolute Gasteiger partial charge is 0.239 e. The number of hydrogen-bond acceptors (Lipinski definition) is 4. The molecule has 2 atom stereocenters. The molecule has 0 bridgehead atoms. The Morgan fingerprint density at radius 1 is 1.39 bits per heavy atom. The second-order valence-corrected chi connectivity index (χ2v) is 7.20. The fraction of sp³-hybridized carbons (Fsp3) is 0.500. The molecule has 23 heavy (non-hydrogen) atoms. The third kappa shape index (κ3) is 4.45. The first-order valence-corrected chi connectivity index (χ1v) is 8.46. The summed E-state index contributed by atoms with van der Waals surface area (Å²) in [5, 5.41) is 2.04. The van der Waals surface area contributed by atoms with E-state index in [9.17, 15) is 14.0 Å². The van der Waals surface area contributed by atoms with E-state index in [1.54, 1.807) is 25.1 Å². The minimum atomic E-state index is -0.460. The maximum absolute atomic E-state index is 14.0. The zero-order chi connectivity index (χ0) is 17.0. The average molecular weight is 339 g/mol. The Bertz CT molecular complexity index is 582. The van der Waals surface area contributed by atoms with Gasteiger partial charge in [-0.2, -0.15) is 0 Å². The predicted octanol–water partition coefficient (Wildman–Crippen LogP) is 1.47. The van der Waals surface area contributed by atoms with Crippen LogP contribution in [-0.4, -0.2) is 60.6 Å². The average Bonchev–Trinajstić information content (AvgIpc) is 2.75. The molecule has 1 N–H and O–H groups in total. The van der Waals surface area contributed by atoms with Gasteiger partial charge in [0.2, 0.25) is 11.8 Å². The second-order valence-electron chi connectivity index (χ2n) is 5.77. The van der Waals surface area contributed by atoms with Gasteiger partial charge in [-0.05, 0) is 27.1 Å². The molecule has 1 aliphatic rings. The number of nitrogens with zero attached hydrogens (tertiary/aromatic N) is 2. The first-order chi connectivity index (χ1) is 10.9. The quantitative estimate of drug-likeness (QED) is 0.853. The van der Waals surface area contributed by atoms with E-state index in [2.05, 4.69) is 5.32 Å². The van der Waals surface area contributed by atoms with Crippen molar-refractivity contribution in [2.75, 3.05) is 33.7 Å². The number of benzene rings is 1. The van der Waals surface area contributed by atoms with Gasteiger partial charge in [-0.1, -0.05) is 18.2 Å². The molecule has 2 amide bonds. The van der Waals surface area contributed by atoms with E-state index in [0.29, 0.717) is 12.1 Å². The highest BCUT2D eigenvalue weighted by atomic mass is 32.2. The number of likely N-dealkylation sites (N-methyl/N-ethyl adjacent to an activating group) is 1. The second kappa shape index (κ2) is 7.79. The number of carbonyl (C=O) groups is 2. The van der Waals surface area contributed by atoms with Crippen LogP contribution < -0.4 is 5.32 Å². The summed E-state index contributed by atoms with van der Waals surface area (Å²) in [5.74, 6) is -0.716. The summed E-state index contributed by atoms with van der Waals surface area (Å²) in [4.78, 5) is 27.8. The zero-order valence-electron chi connectivity index (χ0n) is 13.6. The van der Waals surface area contributed by atoms with E-state index < -0.39 is 5.37 Å². The van der Waals surface area contributed by atoms with Crippen LogP contribution in [0.15, 0.2) is 24.3 Å². The van der Waals surface area contributed by atoms with Gasteiger partial charge < -0.3 is 15.1 Å². The summed E-state index contributed by atoms with van der Waals surface area (Å²) in [7, 11) is 3.84. The van der Waals surface area contributed by atoms with Crippen molar-refractivity contribution in [3.8, 4) is 0 Å². The van der Waals surface area contributed by atoms with Crippen LogP contribution in [0.2, 0.25) is 0 Å². The van der Waals surface area contributed by atoms with Gasteiger partial charge in [0.1, 0.15) is 17.7 Å². The van der Waals surface area contributed by atoms with Crippen LogP contribution in [0.25, 0.3) is 0 Å². The highest BCUT2D eigenvalue weighted by Gasteiger charge is 2.40. The number of carbonyl (C=O) groups excluding carboxylic acids is 2. The van der Waals surface area contributed by atoms with E-state index in [1.807, 2.05) is 19.0 Å². The van der Waals surface area contributed by atoms with Gasteiger partial charge in [0.15, 0.2) is 0 Å². The number of halogens is 1. The van der Waals surface area contributed by atoms with Crippen molar-refractivity contribution in [3.63, 3.8) is 0 Å². The molecule has 5 nitrogen and oxygen atoms in total. The highest BCUT2D eigenvalue weighted by molar-refractivity contribution is 8.01. The molecule has 126 valence electrons. The molecule has 1 fully saturated rings. The summed E-state index contributed by atoms with van der Waals surface area (Å²) in [5.41, 5.74) is 0.441. The fourth-order valence-corrected chi connectivity index (χ4v) is 3.68. The lowest BCUT2D eigenvalue weighted by Crippen LogP contribution is -2.42. The minimum Gasteiger partial charge on any atom is -0.353 e. The van der Waals surface area contributed by atoms with Gasteiger partial charge in [0.25, 0.3) is 0 Å². The molecule has 2 rings (SSSR count). The molecular formula is C16H22FN3O2S. The lowest BCUT2D eigenvalue weighted by Gasteiger charge is -2.24. The number of nitrogens with one attached hydrogen (secondary N) is 1. The Morgan fingerprint density at radius 2 is 2.09 bits per heavy atom. The van der Waals surface area contributed by atoms with E-state index in [0.717, 1.165) is 6.54 Å². The standard InChI is InChI=1S/C16H22FN3O2S/c1-11-15(22)20(10-14(21)18-8-9-19(2)3)16(23-11)12-6-4-5-7-13(12)17/h4-7,11,16H,8-10H2,1-3H3,(H,18,21)/t11-,16-/m0/s1. The zero-order valence-corrected chi connectivity index (χ0v) is 14.4. The lowest BCUT2D eigenvalue weighted by atomic mass is 10.2. The molecule has 7 heteroatoms. The molecule has 1 aromatic rings. The van der Waals surface area contributed by atoms with Crippen molar-refractivity contribution < 1.29 is 14.0 Å². The number of hydrogen-bond donors (Lipinski definition) is 1. The van der Waals surface area contributed by atoms with Crippen LogP contribution in [0.1, 0.15) is 17.9 Å². The summed E-state index contributed by atoms with van der Waals surface area (Å²) < 4.78 is 14.0. The third-order valence-corrected chi connectivity index (χ3v) is 4.99. The summed E-state index contributed by atoms with van der Waals surface area (Å²) in [6, 6.07) is 6.39. The molecule has 0 radical (unpaired) electrons. The molecule has 0 saturated carbocycles. The van der Waals surface area contributed by atoms with Crippen molar-refractivity contribution >= 4 is 23.6 Å². The van der Waals surface area contributed by atoms with Crippen LogP contribution in [-0.2, 0) is 9.59 Å². The first kappa shape index (κ1) is 17.7. The van der Waals surface area contributed by atoms with Crippen LogP contribution in [0, 0.1) is 5.82 Å². The van der Waals surface area contributed by atoms with Crippen LogP contribution in [0.5, 0.6) is 0 Å². The van der Waals surface area contributed by atoms with Gasteiger partial charge in [0.05, 0.1) is 5.25 Å². The van der Waals surface area contributed by atoms with Crippen LogP contribution >= 0.6 is 11.8 Å². The Kier molecular flexibility index (Phi) is 6.01. The van der Waals surface area contributed by atoms with Crippen LogP contribution in [0.4, 0.5) is 4.39 Å². The summed E-state index contributed by atoms with van der Waals surface area (Å²) in [6.45, 7) is 2.97. The number of rotatable bonds is 6. The Labute approximate surface area is 140 Å². The Balaban J connectivity index is 2.06. The van der Waals surface area contributed by atoms with Crippen molar-refractivity contribution in [3.05, 3.63) is 35.6 Å². The molecule has 1 heterocycles. The Hall–Kier alpha value is -1.60. The SMILES string of the molecule is C[C@@H]1S[C@@H](c2ccccc2F)N(CC(=O)NCCN(C)C)C1=O. The highest BCUT2D eigenvalue weighted by Crippen LogP contribution is 2.43. The summed E-state index contributed by atoms with van der Waals surface area (Å²) >= 11 is 1.37. The van der Waals surface area contributed by atoms with Crippen molar-refractivity contribution in [1.29, 1.82) is 0 Å². The fourth-order valence-electron chi connectivity index (χ4n) is 2.38. The molecule has 1 aliphatic heterocycles. The minimum absolute atomic E-state index is 0.0530. The van der Waals surface area contributed by atoms with Gasteiger partial charge in [-0.25, -0.2) is 4.39 Å². The van der Waals surface area contributed by atoms with Gasteiger partial charge in [0, 0.05) is 18.7 Å². The molecule has 1 saturated heterocycles. The van der Waals surface area contributed by atoms with E-state index in [1.165, 1.54) is 22.7 Å². The molecule has 0 unspecified atom stereocenters. The van der Waals surface area contributed by atoms with Gasteiger partial charge in [-0.15, -0.1) is 11.8 Å². The van der Waals surface area contributed by atoms with Gasteiger partial charge >= 0.3 is 0 Å². The van der Waals surface area contributed by atoms with E-state index >= 15 is 0 Å². The lowest BCUT2D eigenvalue weighted by molar-refractivity contribution is -0.135. The van der Waals surface area contributed by atoms with E-state index in [4.69, 9.17) is 0 Å². The molecule has 0 spiro atoms. The maximum Gasteiger partial charge on any atom is 0.239 e. The Morgan fingerprint density at radius 3 is 2.74 bits per heavy atom. The largest absolute Gasteiger partial charge is 0.353 e. The van der Waals surface area contributed by atoms with Crippen molar-refractivity contribution in [2.24, 2.45) is 0 Å². The molecule has 0 aliphatic carbocycles. The molecule has 1 aromatic carbocycles. The molecule has 0 aromatic heterocycles. The monoisotopic (exact) mass is 339 g/mol.